The van der Waals surface area contributed by atoms with Gasteiger partial charge in [0.2, 0.25) is 5.91 Å². The summed E-state index contributed by atoms with van der Waals surface area (Å²) in [5, 5.41) is 3.62. The van der Waals surface area contributed by atoms with Crippen molar-refractivity contribution in [3.05, 3.63) is 52.5 Å². The van der Waals surface area contributed by atoms with Gasteiger partial charge < -0.3 is 11.1 Å². The summed E-state index contributed by atoms with van der Waals surface area (Å²) in [6.45, 7) is 1.82. The first kappa shape index (κ1) is 16.0. The standard InChI is InChI=1S/C15H14Cl2N2OS/c1-9(21-14-5-3-2-4-12(14)17)15(20)19-10-6-7-11(16)13(18)8-10/h2-9H,18H2,1H3,(H,19,20). The molecule has 0 saturated carbocycles. The van der Waals surface area contributed by atoms with E-state index >= 15 is 0 Å². The quantitative estimate of drug-likeness (QED) is 0.626. The highest BCUT2D eigenvalue weighted by molar-refractivity contribution is 8.00. The van der Waals surface area contributed by atoms with E-state index < -0.39 is 0 Å². The lowest BCUT2D eigenvalue weighted by Gasteiger charge is -2.13. The van der Waals surface area contributed by atoms with Crippen molar-refractivity contribution in [3.8, 4) is 0 Å². The highest BCUT2D eigenvalue weighted by atomic mass is 35.5. The summed E-state index contributed by atoms with van der Waals surface area (Å²) in [4.78, 5) is 13.0. The van der Waals surface area contributed by atoms with Crippen LogP contribution in [0.2, 0.25) is 10.0 Å². The maximum atomic E-state index is 12.2. The minimum Gasteiger partial charge on any atom is -0.397 e. The van der Waals surface area contributed by atoms with Crippen molar-refractivity contribution in [3.63, 3.8) is 0 Å². The SMILES string of the molecule is CC(Sc1ccccc1Cl)C(=O)Nc1ccc(Cl)c(N)c1. The first-order valence-corrected chi connectivity index (χ1v) is 7.88. The molecule has 0 saturated heterocycles. The lowest BCUT2D eigenvalue weighted by atomic mass is 10.2. The number of thioether (sulfide) groups is 1. The van der Waals surface area contributed by atoms with Gasteiger partial charge in [0.25, 0.3) is 0 Å². The molecule has 110 valence electrons. The van der Waals surface area contributed by atoms with Gasteiger partial charge in [0.05, 0.1) is 21.0 Å². The van der Waals surface area contributed by atoms with Crippen LogP contribution in [-0.4, -0.2) is 11.2 Å². The number of nitrogen functional groups attached to an aromatic ring is 1. The fourth-order valence-electron chi connectivity index (χ4n) is 1.65. The monoisotopic (exact) mass is 340 g/mol. The van der Waals surface area contributed by atoms with Gasteiger partial charge in [0, 0.05) is 10.6 Å². The zero-order valence-electron chi connectivity index (χ0n) is 11.3. The number of carbonyl (C=O) groups is 1. The van der Waals surface area contributed by atoms with Gasteiger partial charge in [-0.15, -0.1) is 11.8 Å². The molecule has 0 bridgehead atoms. The summed E-state index contributed by atoms with van der Waals surface area (Å²) in [7, 11) is 0. The van der Waals surface area contributed by atoms with E-state index in [0.717, 1.165) is 4.90 Å². The Morgan fingerprint density at radius 1 is 1.19 bits per heavy atom. The number of nitrogens with one attached hydrogen (secondary N) is 1. The van der Waals surface area contributed by atoms with Crippen LogP contribution >= 0.6 is 35.0 Å². The van der Waals surface area contributed by atoms with E-state index in [4.69, 9.17) is 28.9 Å². The second kappa shape index (κ2) is 7.07. The van der Waals surface area contributed by atoms with Crippen LogP contribution in [-0.2, 0) is 4.79 Å². The Morgan fingerprint density at radius 2 is 1.90 bits per heavy atom. The molecule has 21 heavy (non-hydrogen) atoms. The summed E-state index contributed by atoms with van der Waals surface area (Å²) >= 11 is 13.3. The molecule has 3 nitrogen and oxygen atoms in total. The summed E-state index contributed by atoms with van der Waals surface area (Å²) in [5.74, 6) is -0.123. The molecule has 0 aromatic heterocycles. The largest absolute Gasteiger partial charge is 0.397 e. The number of hydrogen-bond acceptors (Lipinski definition) is 3. The van der Waals surface area contributed by atoms with Gasteiger partial charge in [0.1, 0.15) is 0 Å². The molecule has 1 amide bonds. The first-order valence-electron chi connectivity index (χ1n) is 6.24. The summed E-state index contributed by atoms with van der Waals surface area (Å²) in [5.41, 5.74) is 6.76. The number of hydrogen-bond donors (Lipinski definition) is 2. The highest BCUT2D eigenvalue weighted by Crippen LogP contribution is 2.30. The lowest BCUT2D eigenvalue weighted by Crippen LogP contribution is -2.22. The van der Waals surface area contributed by atoms with Crippen LogP contribution < -0.4 is 11.1 Å². The Balaban J connectivity index is 2.02. The van der Waals surface area contributed by atoms with Crippen molar-refractivity contribution < 1.29 is 4.79 Å². The minimum atomic E-state index is -0.290. The van der Waals surface area contributed by atoms with Gasteiger partial charge in [0.15, 0.2) is 0 Å². The van der Waals surface area contributed by atoms with Gasteiger partial charge in [-0.1, -0.05) is 35.3 Å². The minimum absolute atomic E-state index is 0.123. The van der Waals surface area contributed by atoms with E-state index in [1.54, 1.807) is 24.3 Å². The van der Waals surface area contributed by atoms with Gasteiger partial charge in [-0.05, 0) is 37.3 Å². The third kappa shape index (κ3) is 4.30. The van der Waals surface area contributed by atoms with Crippen LogP contribution in [0.25, 0.3) is 0 Å². The Morgan fingerprint density at radius 3 is 2.57 bits per heavy atom. The molecule has 0 aliphatic rings. The Labute approximate surface area is 137 Å². The van der Waals surface area contributed by atoms with Gasteiger partial charge in [-0.3, -0.25) is 4.79 Å². The molecule has 0 aliphatic carbocycles. The van der Waals surface area contributed by atoms with E-state index in [9.17, 15) is 4.79 Å². The fraction of sp³-hybridized carbons (Fsp3) is 0.133. The maximum absolute atomic E-state index is 12.2. The van der Waals surface area contributed by atoms with Crippen molar-refractivity contribution in [1.82, 2.24) is 0 Å². The number of carbonyl (C=O) groups excluding carboxylic acids is 1. The van der Waals surface area contributed by atoms with Crippen LogP contribution in [0.3, 0.4) is 0 Å². The van der Waals surface area contributed by atoms with E-state index in [1.165, 1.54) is 11.8 Å². The molecule has 2 aromatic carbocycles. The number of benzene rings is 2. The molecule has 1 unspecified atom stereocenters. The van der Waals surface area contributed by atoms with Crippen LogP contribution in [0.1, 0.15) is 6.92 Å². The van der Waals surface area contributed by atoms with Crippen molar-refractivity contribution in [2.75, 3.05) is 11.1 Å². The molecule has 0 heterocycles. The molecule has 0 spiro atoms. The molecular formula is C15H14Cl2N2OS. The number of rotatable bonds is 4. The third-order valence-corrected chi connectivity index (χ3v) is 4.74. The summed E-state index contributed by atoms with van der Waals surface area (Å²) in [6, 6.07) is 12.4. The van der Waals surface area contributed by atoms with Crippen molar-refractivity contribution >= 4 is 52.2 Å². The van der Waals surface area contributed by atoms with Crippen molar-refractivity contribution in [2.45, 2.75) is 17.1 Å². The Kier molecular flexibility index (Phi) is 5.39. The second-order valence-corrected chi connectivity index (χ2v) is 6.61. The third-order valence-electron chi connectivity index (χ3n) is 2.77. The van der Waals surface area contributed by atoms with Crippen LogP contribution in [0.5, 0.6) is 0 Å². The molecule has 2 aromatic rings. The van der Waals surface area contributed by atoms with Gasteiger partial charge in [-0.25, -0.2) is 0 Å². The first-order chi connectivity index (χ1) is 9.97. The number of halogens is 2. The predicted molar refractivity (Wildman–Crippen MR) is 91.3 cm³/mol. The average Bonchev–Trinajstić information content (AvgIpc) is 2.45. The van der Waals surface area contributed by atoms with Crippen LogP contribution in [0.15, 0.2) is 47.4 Å². The molecule has 0 radical (unpaired) electrons. The van der Waals surface area contributed by atoms with E-state index in [1.807, 2.05) is 25.1 Å². The highest BCUT2D eigenvalue weighted by Gasteiger charge is 2.16. The van der Waals surface area contributed by atoms with Crippen LogP contribution in [0.4, 0.5) is 11.4 Å². The van der Waals surface area contributed by atoms with E-state index in [2.05, 4.69) is 5.32 Å². The van der Waals surface area contributed by atoms with Crippen molar-refractivity contribution in [1.29, 1.82) is 0 Å². The molecule has 6 heteroatoms. The molecule has 2 rings (SSSR count). The number of amides is 1. The molecule has 1 atom stereocenters. The maximum Gasteiger partial charge on any atom is 0.237 e. The Bertz CT molecular complexity index is 664. The zero-order valence-corrected chi connectivity index (χ0v) is 13.6. The van der Waals surface area contributed by atoms with Crippen LogP contribution in [0, 0.1) is 0 Å². The van der Waals surface area contributed by atoms with Gasteiger partial charge in [-0.2, -0.15) is 0 Å². The molecular weight excluding hydrogens is 327 g/mol. The summed E-state index contributed by atoms with van der Waals surface area (Å²) in [6.07, 6.45) is 0. The predicted octanol–water partition coefficient (Wildman–Crippen LogP) is 4.69. The topological polar surface area (TPSA) is 55.1 Å². The van der Waals surface area contributed by atoms with Crippen molar-refractivity contribution in [2.24, 2.45) is 0 Å². The normalized spacial score (nSPS) is 12.0. The molecule has 0 fully saturated rings. The smallest absolute Gasteiger partial charge is 0.237 e. The number of anilines is 2. The fourth-order valence-corrected chi connectivity index (χ4v) is 2.92. The Hall–Kier alpha value is -1.36. The molecule has 3 N–H and O–H groups in total. The average molecular weight is 341 g/mol. The lowest BCUT2D eigenvalue weighted by molar-refractivity contribution is -0.115. The summed E-state index contributed by atoms with van der Waals surface area (Å²) < 4.78 is 0. The number of nitrogens with two attached hydrogens (primary N) is 1. The zero-order chi connectivity index (χ0) is 15.4. The van der Waals surface area contributed by atoms with E-state index in [-0.39, 0.29) is 11.2 Å². The molecule has 0 aliphatic heterocycles. The van der Waals surface area contributed by atoms with Gasteiger partial charge >= 0.3 is 0 Å². The second-order valence-electron chi connectivity index (χ2n) is 4.42. The van der Waals surface area contributed by atoms with E-state index in [0.29, 0.717) is 21.4 Å².